The van der Waals surface area contributed by atoms with Crippen LogP contribution >= 0.6 is 0 Å². The Kier molecular flexibility index (Phi) is 8.03. The molecule has 1 aromatic heterocycles. The molecule has 0 aliphatic heterocycles. The maximum Gasteiger partial charge on any atom is 0.307 e. The first-order chi connectivity index (χ1) is 13.1. The number of hydrogen-bond donors (Lipinski definition) is 1. The van der Waals surface area contributed by atoms with Crippen LogP contribution in [0.5, 0.6) is 11.5 Å². The second kappa shape index (κ2) is 10.8. The molecule has 2 rings (SSSR count). The summed E-state index contributed by atoms with van der Waals surface area (Å²) in [6.07, 6.45) is 6.35. The number of rotatable bonds is 11. The van der Waals surface area contributed by atoms with Gasteiger partial charge in [-0.1, -0.05) is 18.2 Å². The van der Waals surface area contributed by atoms with Crippen molar-refractivity contribution >= 4 is 18.3 Å². The highest BCUT2D eigenvalue weighted by Gasteiger charge is 2.05. The summed E-state index contributed by atoms with van der Waals surface area (Å²) < 4.78 is 10.9. The fourth-order valence-corrected chi connectivity index (χ4v) is 2.46. The van der Waals surface area contributed by atoms with Crippen molar-refractivity contribution in [3.8, 4) is 11.5 Å². The molecule has 1 heterocycles. The molecule has 0 unspecified atom stereocenters. The van der Waals surface area contributed by atoms with Gasteiger partial charge in [0.2, 0.25) is 0 Å². The summed E-state index contributed by atoms with van der Waals surface area (Å²) in [6.45, 7) is 0.512. The number of ether oxygens (including phenoxy) is 2. The lowest BCUT2D eigenvalue weighted by molar-refractivity contribution is -0.135. The van der Waals surface area contributed by atoms with Crippen LogP contribution in [0.4, 0.5) is 0 Å². The van der Waals surface area contributed by atoms with Crippen LogP contribution in [0.2, 0.25) is 0 Å². The molecule has 0 aliphatic rings. The number of hydrogen-bond acceptors (Lipinski definition) is 5. The van der Waals surface area contributed by atoms with Crippen LogP contribution in [0.15, 0.2) is 42.5 Å². The van der Waals surface area contributed by atoms with Gasteiger partial charge in [0, 0.05) is 0 Å². The summed E-state index contributed by atoms with van der Waals surface area (Å²) in [5.41, 5.74) is 1.97. The Morgan fingerprint density at radius 2 is 1.93 bits per heavy atom. The van der Waals surface area contributed by atoms with Crippen LogP contribution in [0.3, 0.4) is 0 Å². The molecule has 0 radical (unpaired) electrons. The van der Waals surface area contributed by atoms with Gasteiger partial charge in [-0.05, 0) is 55.2 Å². The van der Waals surface area contributed by atoms with Crippen molar-refractivity contribution in [2.75, 3.05) is 13.7 Å². The predicted molar refractivity (Wildman–Crippen MR) is 102 cm³/mol. The molecule has 0 bridgehead atoms. The van der Waals surface area contributed by atoms with Crippen LogP contribution < -0.4 is 9.47 Å². The Hall–Kier alpha value is -3.15. The van der Waals surface area contributed by atoms with Gasteiger partial charge in [0.25, 0.3) is 0 Å². The van der Waals surface area contributed by atoms with E-state index in [1.54, 1.807) is 25.3 Å². The molecule has 27 heavy (non-hydrogen) atoms. The first-order valence-corrected chi connectivity index (χ1v) is 8.72. The van der Waals surface area contributed by atoms with E-state index < -0.39 is 5.97 Å². The molecule has 1 N–H and O–H groups in total. The maximum atomic E-state index is 10.9. The van der Waals surface area contributed by atoms with E-state index in [0.29, 0.717) is 24.3 Å². The molecular formula is C21H23NO5. The number of nitrogens with zero attached hydrogens (tertiary/aromatic N) is 1. The number of carbonyl (C=O) groups is 2. The fraction of sp³-hybridized carbons (Fsp3) is 0.286. The van der Waals surface area contributed by atoms with Gasteiger partial charge in [-0.3, -0.25) is 9.59 Å². The molecular weight excluding hydrogens is 346 g/mol. The van der Waals surface area contributed by atoms with E-state index in [4.69, 9.17) is 14.6 Å². The van der Waals surface area contributed by atoms with Crippen molar-refractivity contribution in [2.24, 2.45) is 0 Å². The molecule has 1 aromatic carbocycles. The minimum atomic E-state index is -0.932. The first kappa shape index (κ1) is 20.2. The van der Waals surface area contributed by atoms with Gasteiger partial charge in [-0.25, -0.2) is 4.98 Å². The number of benzene rings is 1. The van der Waals surface area contributed by atoms with E-state index in [2.05, 4.69) is 4.98 Å². The van der Waals surface area contributed by atoms with Crippen molar-refractivity contribution < 1.29 is 24.2 Å². The van der Waals surface area contributed by atoms with Crippen LogP contribution in [0.25, 0.3) is 6.08 Å². The number of carboxylic acids is 1. The SMILES string of the molecule is COc1ccc(CCCCOc2ccc(C=O)nc2C=CCC(=O)O)cc1. The minimum Gasteiger partial charge on any atom is -0.497 e. The summed E-state index contributed by atoms with van der Waals surface area (Å²) in [7, 11) is 1.65. The van der Waals surface area contributed by atoms with Gasteiger partial charge in [0.1, 0.15) is 22.9 Å². The third kappa shape index (κ3) is 6.93. The van der Waals surface area contributed by atoms with Crippen LogP contribution in [-0.2, 0) is 11.2 Å². The molecule has 6 nitrogen and oxygen atoms in total. The third-order valence-corrected chi connectivity index (χ3v) is 3.87. The van der Waals surface area contributed by atoms with Gasteiger partial charge >= 0.3 is 5.97 Å². The lowest BCUT2D eigenvalue weighted by atomic mass is 10.1. The Labute approximate surface area is 158 Å². The molecule has 0 saturated carbocycles. The summed E-state index contributed by atoms with van der Waals surface area (Å²) in [6, 6.07) is 11.2. The lowest BCUT2D eigenvalue weighted by Crippen LogP contribution is -2.02. The van der Waals surface area contributed by atoms with Crippen LogP contribution in [0, 0.1) is 0 Å². The molecule has 142 valence electrons. The molecule has 2 aromatic rings. The Bertz CT molecular complexity index is 784. The van der Waals surface area contributed by atoms with E-state index in [0.717, 1.165) is 25.0 Å². The normalized spacial score (nSPS) is 10.7. The largest absolute Gasteiger partial charge is 0.497 e. The van der Waals surface area contributed by atoms with E-state index in [1.807, 2.05) is 24.3 Å². The zero-order valence-electron chi connectivity index (χ0n) is 15.3. The van der Waals surface area contributed by atoms with Crippen molar-refractivity contribution in [3.05, 3.63) is 59.4 Å². The maximum absolute atomic E-state index is 10.9. The zero-order chi connectivity index (χ0) is 19.5. The lowest BCUT2D eigenvalue weighted by Gasteiger charge is -2.09. The van der Waals surface area contributed by atoms with Crippen molar-refractivity contribution in [1.82, 2.24) is 4.98 Å². The Morgan fingerprint density at radius 3 is 2.59 bits per heavy atom. The summed E-state index contributed by atoms with van der Waals surface area (Å²) in [5, 5.41) is 8.72. The number of carboxylic acid groups (broad SMARTS) is 1. The van der Waals surface area contributed by atoms with Crippen molar-refractivity contribution in [2.45, 2.75) is 25.7 Å². The van der Waals surface area contributed by atoms with Crippen LogP contribution in [-0.4, -0.2) is 36.1 Å². The molecule has 0 aliphatic carbocycles. The Morgan fingerprint density at radius 1 is 1.15 bits per heavy atom. The average molecular weight is 369 g/mol. The van der Waals surface area contributed by atoms with Crippen molar-refractivity contribution in [3.63, 3.8) is 0 Å². The standard InChI is InChI=1S/C21H23NO5/c1-26-18-11-8-16(9-12-18)5-2-3-14-27-20-13-10-17(15-23)22-19(20)6-4-7-21(24)25/h4,6,8-13,15H,2-3,5,7,14H2,1H3,(H,24,25). The highest BCUT2D eigenvalue weighted by Crippen LogP contribution is 2.19. The minimum absolute atomic E-state index is 0.117. The smallest absolute Gasteiger partial charge is 0.307 e. The average Bonchev–Trinajstić information content (AvgIpc) is 2.68. The molecule has 0 fully saturated rings. The second-order valence-electron chi connectivity index (χ2n) is 5.89. The number of aldehydes is 1. The van der Waals surface area contributed by atoms with Crippen molar-refractivity contribution in [1.29, 1.82) is 0 Å². The first-order valence-electron chi connectivity index (χ1n) is 8.72. The fourth-order valence-electron chi connectivity index (χ4n) is 2.46. The van der Waals surface area contributed by atoms with E-state index in [1.165, 1.54) is 11.6 Å². The van der Waals surface area contributed by atoms with E-state index in [9.17, 15) is 9.59 Å². The monoisotopic (exact) mass is 369 g/mol. The Balaban J connectivity index is 1.85. The predicted octanol–water partition coefficient (Wildman–Crippen LogP) is 3.79. The number of pyridine rings is 1. The highest BCUT2D eigenvalue weighted by atomic mass is 16.5. The molecule has 0 amide bonds. The second-order valence-corrected chi connectivity index (χ2v) is 5.89. The van der Waals surface area contributed by atoms with E-state index in [-0.39, 0.29) is 12.1 Å². The molecule has 6 heteroatoms. The number of aromatic nitrogens is 1. The number of aryl methyl sites for hydroxylation is 1. The van der Waals surface area contributed by atoms with Gasteiger partial charge < -0.3 is 14.6 Å². The van der Waals surface area contributed by atoms with E-state index >= 15 is 0 Å². The number of aliphatic carboxylic acids is 1. The highest BCUT2D eigenvalue weighted by molar-refractivity contribution is 5.74. The topological polar surface area (TPSA) is 85.7 Å². The number of carbonyl (C=O) groups excluding carboxylic acids is 1. The van der Waals surface area contributed by atoms with Gasteiger partial charge in [0.05, 0.1) is 20.1 Å². The van der Waals surface area contributed by atoms with Gasteiger partial charge in [0.15, 0.2) is 6.29 Å². The summed E-state index contributed by atoms with van der Waals surface area (Å²) in [4.78, 5) is 25.7. The van der Waals surface area contributed by atoms with Gasteiger partial charge in [-0.15, -0.1) is 0 Å². The number of methoxy groups -OCH3 is 1. The molecule has 0 spiro atoms. The summed E-state index contributed by atoms with van der Waals surface area (Å²) >= 11 is 0. The summed E-state index contributed by atoms with van der Waals surface area (Å²) in [5.74, 6) is 0.447. The van der Waals surface area contributed by atoms with Crippen LogP contribution in [0.1, 0.15) is 41.0 Å². The third-order valence-electron chi connectivity index (χ3n) is 3.87. The number of unbranched alkanes of at least 4 members (excludes halogenated alkanes) is 1. The molecule has 0 atom stereocenters. The molecule has 0 saturated heterocycles. The zero-order valence-corrected chi connectivity index (χ0v) is 15.3. The quantitative estimate of drug-likeness (QED) is 0.479. The van der Waals surface area contributed by atoms with Gasteiger partial charge in [-0.2, -0.15) is 0 Å².